The van der Waals surface area contributed by atoms with Crippen molar-refractivity contribution in [2.24, 2.45) is 5.92 Å². The number of nitriles is 1. The van der Waals surface area contributed by atoms with Gasteiger partial charge in [-0.1, -0.05) is 6.92 Å². The summed E-state index contributed by atoms with van der Waals surface area (Å²) in [7, 11) is 0. The molecule has 0 aromatic heterocycles. The van der Waals surface area contributed by atoms with Crippen molar-refractivity contribution in [3.8, 4) is 6.07 Å². The van der Waals surface area contributed by atoms with Crippen molar-refractivity contribution in [3.63, 3.8) is 0 Å². The van der Waals surface area contributed by atoms with Crippen molar-refractivity contribution >= 4 is 11.8 Å². The monoisotopic (exact) mass is 211 g/mol. The molecule has 0 saturated carbocycles. The minimum Gasteiger partial charge on any atom is -0.352 e. The standard InChI is InChI=1S/C10H17N3O2/c1-4-8(5-11)10(15)12-6-9(14)13-7(2)3/h7-8H,4,6H2,1-3H3,(H,12,15)(H,13,14). The van der Waals surface area contributed by atoms with Crippen LogP contribution in [-0.4, -0.2) is 24.4 Å². The van der Waals surface area contributed by atoms with E-state index in [1.165, 1.54) is 0 Å². The average molecular weight is 211 g/mol. The lowest BCUT2D eigenvalue weighted by Gasteiger charge is -2.10. The Morgan fingerprint density at radius 1 is 1.40 bits per heavy atom. The van der Waals surface area contributed by atoms with Gasteiger partial charge in [-0.2, -0.15) is 5.26 Å². The molecule has 0 aromatic carbocycles. The van der Waals surface area contributed by atoms with Crippen molar-refractivity contribution in [1.82, 2.24) is 10.6 Å². The maximum atomic E-state index is 11.3. The van der Waals surface area contributed by atoms with Crippen molar-refractivity contribution in [3.05, 3.63) is 0 Å². The molecule has 0 fully saturated rings. The first-order chi connectivity index (χ1) is 7.01. The minimum atomic E-state index is -0.670. The fourth-order valence-corrected chi connectivity index (χ4v) is 0.999. The van der Waals surface area contributed by atoms with Gasteiger partial charge >= 0.3 is 0 Å². The lowest BCUT2D eigenvalue weighted by Crippen LogP contribution is -2.41. The number of nitrogens with one attached hydrogen (secondary N) is 2. The first kappa shape index (κ1) is 13.4. The van der Waals surface area contributed by atoms with E-state index >= 15 is 0 Å². The van der Waals surface area contributed by atoms with Crippen LogP contribution in [0.2, 0.25) is 0 Å². The second-order valence-corrected chi connectivity index (χ2v) is 3.53. The topological polar surface area (TPSA) is 82.0 Å². The van der Waals surface area contributed by atoms with Gasteiger partial charge in [0.25, 0.3) is 0 Å². The summed E-state index contributed by atoms with van der Waals surface area (Å²) in [5, 5.41) is 13.6. The van der Waals surface area contributed by atoms with Gasteiger partial charge in [-0.25, -0.2) is 0 Å². The van der Waals surface area contributed by atoms with E-state index in [4.69, 9.17) is 5.26 Å². The summed E-state index contributed by atoms with van der Waals surface area (Å²) < 4.78 is 0. The number of carbonyl (C=O) groups is 2. The Kier molecular flexibility index (Phi) is 6.11. The molecule has 0 saturated heterocycles. The molecule has 0 heterocycles. The van der Waals surface area contributed by atoms with Crippen LogP contribution in [0.25, 0.3) is 0 Å². The van der Waals surface area contributed by atoms with E-state index in [0.29, 0.717) is 6.42 Å². The second kappa shape index (κ2) is 6.82. The number of hydrogen-bond donors (Lipinski definition) is 2. The molecule has 0 aliphatic carbocycles. The van der Waals surface area contributed by atoms with Crippen LogP contribution in [0, 0.1) is 17.2 Å². The van der Waals surface area contributed by atoms with Crippen molar-refractivity contribution in [2.75, 3.05) is 6.54 Å². The van der Waals surface area contributed by atoms with Crippen LogP contribution in [0.4, 0.5) is 0 Å². The highest BCUT2D eigenvalue weighted by Gasteiger charge is 2.15. The lowest BCUT2D eigenvalue weighted by molar-refractivity contribution is -0.127. The van der Waals surface area contributed by atoms with Crippen LogP contribution >= 0.6 is 0 Å². The summed E-state index contributed by atoms with van der Waals surface area (Å²) in [5.41, 5.74) is 0. The molecule has 1 atom stereocenters. The third kappa shape index (κ3) is 5.68. The van der Waals surface area contributed by atoms with Crippen molar-refractivity contribution < 1.29 is 9.59 Å². The number of carbonyl (C=O) groups excluding carboxylic acids is 2. The van der Waals surface area contributed by atoms with Gasteiger partial charge in [0, 0.05) is 6.04 Å². The maximum Gasteiger partial charge on any atom is 0.239 e. The Morgan fingerprint density at radius 2 is 2.00 bits per heavy atom. The Labute approximate surface area is 89.8 Å². The molecule has 15 heavy (non-hydrogen) atoms. The van der Waals surface area contributed by atoms with Crippen LogP contribution in [0.3, 0.4) is 0 Å². The highest BCUT2D eigenvalue weighted by atomic mass is 16.2. The summed E-state index contributed by atoms with van der Waals surface area (Å²) >= 11 is 0. The van der Waals surface area contributed by atoms with E-state index in [2.05, 4.69) is 10.6 Å². The third-order valence-corrected chi connectivity index (χ3v) is 1.75. The van der Waals surface area contributed by atoms with Crippen LogP contribution in [0.1, 0.15) is 27.2 Å². The van der Waals surface area contributed by atoms with E-state index in [-0.39, 0.29) is 24.4 Å². The summed E-state index contributed by atoms with van der Waals surface area (Å²) in [6.45, 7) is 5.35. The molecule has 2 N–H and O–H groups in total. The van der Waals surface area contributed by atoms with Crippen molar-refractivity contribution in [2.45, 2.75) is 33.2 Å². The molecular weight excluding hydrogens is 194 g/mol. The molecule has 0 radical (unpaired) electrons. The third-order valence-electron chi connectivity index (χ3n) is 1.75. The largest absolute Gasteiger partial charge is 0.352 e. The highest BCUT2D eigenvalue weighted by molar-refractivity contribution is 5.86. The quantitative estimate of drug-likeness (QED) is 0.680. The Balaban J connectivity index is 3.91. The van der Waals surface area contributed by atoms with Crippen molar-refractivity contribution in [1.29, 1.82) is 5.26 Å². The zero-order valence-corrected chi connectivity index (χ0v) is 9.33. The summed E-state index contributed by atoms with van der Waals surface area (Å²) in [6, 6.07) is 1.92. The zero-order valence-electron chi connectivity index (χ0n) is 9.33. The molecule has 0 aliphatic rings. The predicted molar refractivity (Wildman–Crippen MR) is 55.7 cm³/mol. The number of amides is 2. The van der Waals surface area contributed by atoms with Gasteiger partial charge in [0.05, 0.1) is 12.6 Å². The van der Waals surface area contributed by atoms with E-state index in [1.807, 2.05) is 19.9 Å². The SMILES string of the molecule is CCC(C#N)C(=O)NCC(=O)NC(C)C. The van der Waals surface area contributed by atoms with Gasteiger partial charge in [0.15, 0.2) is 0 Å². The first-order valence-corrected chi connectivity index (χ1v) is 4.98. The normalized spacial score (nSPS) is 11.7. The van der Waals surface area contributed by atoms with Crippen LogP contribution < -0.4 is 10.6 Å². The fraction of sp³-hybridized carbons (Fsp3) is 0.700. The number of nitrogens with zero attached hydrogens (tertiary/aromatic N) is 1. The number of hydrogen-bond acceptors (Lipinski definition) is 3. The fourth-order valence-electron chi connectivity index (χ4n) is 0.999. The van der Waals surface area contributed by atoms with E-state index < -0.39 is 5.92 Å². The Bertz CT molecular complexity index is 268. The van der Waals surface area contributed by atoms with Gasteiger partial charge in [-0.15, -0.1) is 0 Å². The molecule has 0 rings (SSSR count). The summed E-state index contributed by atoms with van der Waals surface area (Å²) in [4.78, 5) is 22.4. The van der Waals surface area contributed by atoms with Crippen LogP contribution in [-0.2, 0) is 9.59 Å². The molecule has 5 nitrogen and oxygen atoms in total. The molecule has 0 aromatic rings. The average Bonchev–Trinajstić information content (AvgIpc) is 2.15. The molecule has 5 heteroatoms. The Morgan fingerprint density at radius 3 is 2.40 bits per heavy atom. The molecule has 84 valence electrons. The zero-order chi connectivity index (χ0) is 11.8. The second-order valence-electron chi connectivity index (χ2n) is 3.53. The molecule has 2 amide bonds. The van der Waals surface area contributed by atoms with Gasteiger partial charge in [0.2, 0.25) is 11.8 Å². The first-order valence-electron chi connectivity index (χ1n) is 4.98. The smallest absolute Gasteiger partial charge is 0.239 e. The molecular formula is C10H17N3O2. The molecule has 0 aliphatic heterocycles. The molecule has 0 spiro atoms. The maximum absolute atomic E-state index is 11.3. The van der Waals surface area contributed by atoms with Gasteiger partial charge < -0.3 is 10.6 Å². The van der Waals surface area contributed by atoms with Gasteiger partial charge in [0.1, 0.15) is 5.92 Å². The van der Waals surface area contributed by atoms with E-state index in [0.717, 1.165) is 0 Å². The van der Waals surface area contributed by atoms with Gasteiger partial charge in [-0.05, 0) is 20.3 Å². The minimum absolute atomic E-state index is 0.0485. The van der Waals surface area contributed by atoms with E-state index in [9.17, 15) is 9.59 Å². The highest BCUT2D eigenvalue weighted by Crippen LogP contribution is 1.99. The van der Waals surface area contributed by atoms with Gasteiger partial charge in [-0.3, -0.25) is 9.59 Å². The molecule has 0 bridgehead atoms. The van der Waals surface area contributed by atoms with Crippen LogP contribution in [0.15, 0.2) is 0 Å². The molecule has 1 unspecified atom stereocenters. The predicted octanol–water partition coefficient (Wildman–Crippen LogP) is 0.177. The Hall–Kier alpha value is -1.57. The summed E-state index contributed by atoms with van der Waals surface area (Å²) in [5.74, 6) is -1.30. The van der Waals surface area contributed by atoms with E-state index in [1.54, 1.807) is 6.92 Å². The summed E-state index contributed by atoms with van der Waals surface area (Å²) in [6.07, 6.45) is 0.453. The lowest BCUT2D eigenvalue weighted by atomic mass is 10.1. The number of rotatable bonds is 5. The van der Waals surface area contributed by atoms with Crippen LogP contribution in [0.5, 0.6) is 0 Å².